The highest BCUT2D eigenvalue weighted by molar-refractivity contribution is 7.88. The fraction of sp³-hybridized carbons (Fsp3) is 0.250. The second kappa shape index (κ2) is 5.62. The lowest BCUT2D eigenvalue weighted by atomic mass is 10.1. The van der Waals surface area contributed by atoms with Crippen LogP contribution >= 0.6 is 0 Å². The normalized spacial score (nSPS) is 13.0. The van der Waals surface area contributed by atoms with Crippen molar-refractivity contribution in [3.05, 3.63) is 35.9 Å². The first-order valence-corrected chi connectivity index (χ1v) is 7.79. The molecule has 9 heteroatoms. The fourth-order valence-electron chi connectivity index (χ4n) is 1.88. The van der Waals surface area contributed by atoms with E-state index in [-0.39, 0.29) is 17.0 Å². The Hall–Kier alpha value is -2.26. The van der Waals surface area contributed by atoms with Gasteiger partial charge in [-0.3, -0.25) is 4.98 Å². The van der Waals surface area contributed by atoms with Crippen LogP contribution < -0.4 is 4.72 Å². The molecular weight excluding hydrogens is 298 g/mol. The quantitative estimate of drug-likeness (QED) is 0.845. The summed E-state index contributed by atoms with van der Waals surface area (Å²) >= 11 is 0. The molecule has 0 aliphatic carbocycles. The van der Waals surface area contributed by atoms with E-state index in [2.05, 4.69) is 14.9 Å². The van der Waals surface area contributed by atoms with E-state index < -0.39 is 22.0 Å². The number of pyridine rings is 1. The molecule has 1 atom stereocenters. The van der Waals surface area contributed by atoms with Crippen LogP contribution in [0.15, 0.2) is 29.0 Å². The summed E-state index contributed by atoms with van der Waals surface area (Å²) in [6, 6.07) is 2.41. The van der Waals surface area contributed by atoms with Crippen LogP contribution in [0.5, 0.6) is 0 Å². The Morgan fingerprint density at radius 1 is 1.48 bits per heavy atom. The summed E-state index contributed by atoms with van der Waals surface area (Å²) in [6.07, 6.45) is 3.96. The summed E-state index contributed by atoms with van der Waals surface area (Å²) in [7, 11) is -3.51. The molecule has 112 valence electrons. The number of carboxylic acid groups (broad SMARTS) is 1. The Labute approximate surface area is 120 Å². The highest BCUT2D eigenvalue weighted by atomic mass is 32.2. The zero-order valence-corrected chi connectivity index (χ0v) is 12.1. The Morgan fingerprint density at radius 2 is 2.19 bits per heavy atom. The Bertz CT molecular complexity index is 754. The van der Waals surface area contributed by atoms with Crippen molar-refractivity contribution in [2.45, 2.75) is 13.0 Å². The summed E-state index contributed by atoms with van der Waals surface area (Å²) < 4.78 is 29.8. The van der Waals surface area contributed by atoms with E-state index in [0.717, 1.165) is 6.26 Å². The molecule has 2 aromatic rings. The maximum absolute atomic E-state index is 11.4. The van der Waals surface area contributed by atoms with E-state index in [1.54, 1.807) is 18.3 Å². The standard InChI is InChI=1S/C12H13N3O5S/c1-7(15-21(2,18)19)11-9(12(16)17)10(14-20-11)8-4-3-5-13-6-8/h3-7,15H,1-2H3,(H,16,17). The van der Waals surface area contributed by atoms with E-state index in [1.165, 1.54) is 13.1 Å². The predicted octanol–water partition coefficient (Wildman–Crippen LogP) is 1.04. The molecule has 0 fully saturated rings. The number of rotatable bonds is 5. The molecule has 0 spiro atoms. The molecule has 2 aromatic heterocycles. The average molecular weight is 311 g/mol. The molecular formula is C12H13N3O5S. The fourth-order valence-corrected chi connectivity index (χ4v) is 2.63. The smallest absolute Gasteiger partial charge is 0.341 e. The molecule has 0 aromatic carbocycles. The van der Waals surface area contributed by atoms with Gasteiger partial charge in [0.2, 0.25) is 10.0 Å². The maximum atomic E-state index is 11.4. The molecule has 2 rings (SSSR count). The minimum atomic E-state index is -3.51. The van der Waals surface area contributed by atoms with Gasteiger partial charge in [-0.05, 0) is 19.1 Å². The zero-order chi connectivity index (χ0) is 15.6. The first-order valence-electron chi connectivity index (χ1n) is 5.90. The first-order chi connectivity index (χ1) is 9.79. The van der Waals surface area contributed by atoms with Crippen molar-refractivity contribution >= 4 is 16.0 Å². The van der Waals surface area contributed by atoms with Gasteiger partial charge in [-0.2, -0.15) is 0 Å². The topological polar surface area (TPSA) is 122 Å². The zero-order valence-electron chi connectivity index (χ0n) is 11.3. The molecule has 1 unspecified atom stereocenters. The van der Waals surface area contributed by atoms with Gasteiger partial charge in [0.05, 0.1) is 12.3 Å². The first kappa shape index (κ1) is 15.1. The van der Waals surface area contributed by atoms with Gasteiger partial charge in [0.15, 0.2) is 5.76 Å². The van der Waals surface area contributed by atoms with E-state index in [0.29, 0.717) is 5.56 Å². The SMILES string of the molecule is CC(NS(C)(=O)=O)c1onc(-c2cccnc2)c1C(=O)O. The molecule has 0 aliphatic heterocycles. The average Bonchev–Trinajstić information content (AvgIpc) is 2.82. The number of sulfonamides is 1. The number of carbonyl (C=O) groups is 1. The van der Waals surface area contributed by atoms with Crippen LogP contribution in [0, 0.1) is 0 Å². The van der Waals surface area contributed by atoms with Crippen molar-refractivity contribution in [1.82, 2.24) is 14.9 Å². The van der Waals surface area contributed by atoms with Crippen molar-refractivity contribution < 1.29 is 22.8 Å². The Kier molecular flexibility index (Phi) is 4.05. The number of nitrogens with zero attached hydrogens (tertiary/aromatic N) is 2. The molecule has 0 saturated carbocycles. The predicted molar refractivity (Wildman–Crippen MR) is 73.1 cm³/mol. The largest absolute Gasteiger partial charge is 0.477 e. The lowest BCUT2D eigenvalue weighted by molar-refractivity contribution is 0.0694. The van der Waals surface area contributed by atoms with Gasteiger partial charge in [0.1, 0.15) is 11.3 Å². The summed E-state index contributed by atoms with van der Waals surface area (Å²) in [6.45, 7) is 1.47. The minimum absolute atomic E-state index is 0.0632. The highest BCUT2D eigenvalue weighted by Gasteiger charge is 2.28. The molecule has 8 nitrogen and oxygen atoms in total. The van der Waals surface area contributed by atoms with E-state index in [4.69, 9.17) is 4.52 Å². The van der Waals surface area contributed by atoms with Crippen LogP contribution in [0.4, 0.5) is 0 Å². The van der Waals surface area contributed by atoms with Gasteiger partial charge < -0.3 is 9.63 Å². The van der Waals surface area contributed by atoms with Crippen LogP contribution in [0.2, 0.25) is 0 Å². The molecule has 2 N–H and O–H groups in total. The number of nitrogens with one attached hydrogen (secondary N) is 1. The second-order valence-corrected chi connectivity index (χ2v) is 6.21. The van der Waals surface area contributed by atoms with Gasteiger partial charge in [0, 0.05) is 18.0 Å². The van der Waals surface area contributed by atoms with E-state index in [9.17, 15) is 18.3 Å². The number of carboxylic acids is 1. The summed E-state index contributed by atoms with van der Waals surface area (Å²) in [5, 5.41) is 13.1. The number of hydrogen-bond acceptors (Lipinski definition) is 6. The van der Waals surface area contributed by atoms with Gasteiger partial charge in [-0.15, -0.1) is 0 Å². The summed E-state index contributed by atoms with van der Waals surface area (Å²) in [5.74, 6) is -1.32. The lowest BCUT2D eigenvalue weighted by Crippen LogP contribution is -2.26. The van der Waals surface area contributed by atoms with Gasteiger partial charge >= 0.3 is 5.97 Å². The molecule has 0 amide bonds. The highest BCUT2D eigenvalue weighted by Crippen LogP contribution is 2.28. The van der Waals surface area contributed by atoms with Crippen molar-refractivity contribution in [1.29, 1.82) is 0 Å². The van der Waals surface area contributed by atoms with Crippen LogP contribution in [0.25, 0.3) is 11.3 Å². The third-order valence-electron chi connectivity index (χ3n) is 2.65. The van der Waals surface area contributed by atoms with Gasteiger partial charge in [-0.1, -0.05) is 5.16 Å². The third kappa shape index (κ3) is 3.44. The van der Waals surface area contributed by atoms with Crippen molar-refractivity contribution in [2.75, 3.05) is 6.26 Å². The third-order valence-corrected chi connectivity index (χ3v) is 3.43. The van der Waals surface area contributed by atoms with Crippen molar-refractivity contribution in [2.24, 2.45) is 0 Å². The maximum Gasteiger partial charge on any atom is 0.341 e. The summed E-state index contributed by atoms with van der Waals surface area (Å²) in [4.78, 5) is 15.3. The number of hydrogen-bond donors (Lipinski definition) is 2. The Balaban J connectivity index is 2.50. The molecule has 21 heavy (non-hydrogen) atoms. The molecule has 0 radical (unpaired) electrons. The van der Waals surface area contributed by atoms with Crippen LogP contribution in [0.1, 0.15) is 29.1 Å². The van der Waals surface area contributed by atoms with Crippen molar-refractivity contribution in [3.63, 3.8) is 0 Å². The van der Waals surface area contributed by atoms with Gasteiger partial charge in [0.25, 0.3) is 0 Å². The molecule has 0 bridgehead atoms. The van der Waals surface area contributed by atoms with Crippen LogP contribution in [-0.4, -0.2) is 35.9 Å². The summed E-state index contributed by atoms with van der Waals surface area (Å²) in [5.41, 5.74) is 0.385. The molecule has 2 heterocycles. The molecule has 0 saturated heterocycles. The number of aromatic nitrogens is 2. The lowest BCUT2D eigenvalue weighted by Gasteiger charge is -2.09. The van der Waals surface area contributed by atoms with Gasteiger partial charge in [-0.25, -0.2) is 17.9 Å². The minimum Gasteiger partial charge on any atom is -0.477 e. The second-order valence-electron chi connectivity index (χ2n) is 4.43. The molecule has 0 aliphatic rings. The van der Waals surface area contributed by atoms with Crippen molar-refractivity contribution in [3.8, 4) is 11.3 Å². The monoisotopic (exact) mass is 311 g/mol. The number of aromatic carboxylic acids is 1. The van der Waals surface area contributed by atoms with Crippen LogP contribution in [-0.2, 0) is 10.0 Å². The van der Waals surface area contributed by atoms with E-state index >= 15 is 0 Å². The van der Waals surface area contributed by atoms with E-state index in [1.807, 2.05) is 0 Å². The van der Waals surface area contributed by atoms with Crippen LogP contribution in [0.3, 0.4) is 0 Å². The Morgan fingerprint density at radius 3 is 2.71 bits per heavy atom.